The predicted molar refractivity (Wildman–Crippen MR) is 98.6 cm³/mol. The number of aliphatic hydroxyl groups is 1. The highest BCUT2D eigenvalue weighted by molar-refractivity contribution is 5.94. The van der Waals surface area contributed by atoms with Crippen molar-refractivity contribution in [1.29, 1.82) is 0 Å². The van der Waals surface area contributed by atoms with Crippen LogP contribution in [0.15, 0.2) is 29.2 Å². The first-order valence-electron chi connectivity index (χ1n) is 9.08. The van der Waals surface area contributed by atoms with E-state index < -0.39 is 5.97 Å². The molecule has 1 N–H and O–H groups in total. The summed E-state index contributed by atoms with van der Waals surface area (Å²) in [6, 6.07) is 5.37. The normalized spacial score (nSPS) is 16.6. The van der Waals surface area contributed by atoms with Crippen LogP contribution < -0.4 is 5.43 Å². The summed E-state index contributed by atoms with van der Waals surface area (Å²) in [5.41, 5.74) is 1.34. The van der Waals surface area contributed by atoms with Gasteiger partial charge in [0.2, 0.25) is 5.43 Å². The Labute approximate surface area is 152 Å². The summed E-state index contributed by atoms with van der Waals surface area (Å²) < 4.78 is 12.4. The fourth-order valence-electron chi connectivity index (χ4n) is 3.66. The Morgan fingerprint density at radius 2 is 2.12 bits per heavy atom. The zero-order chi connectivity index (χ0) is 18.7. The van der Waals surface area contributed by atoms with Crippen molar-refractivity contribution in [2.75, 3.05) is 26.4 Å². The van der Waals surface area contributed by atoms with E-state index >= 15 is 0 Å². The molecule has 1 saturated heterocycles. The molecule has 6 heteroatoms. The number of rotatable bonds is 5. The predicted octanol–water partition coefficient (Wildman–Crippen LogP) is 2.45. The van der Waals surface area contributed by atoms with Gasteiger partial charge in [-0.15, -0.1) is 0 Å². The summed E-state index contributed by atoms with van der Waals surface area (Å²) in [6.07, 6.45) is 3.22. The van der Waals surface area contributed by atoms with Gasteiger partial charge in [-0.25, -0.2) is 4.79 Å². The van der Waals surface area contributed by atoms with Crippen LogP contribution in [0.5, 0.6) is 0 Å². The summed E-state index contributed by atoms with van der Waals surface area (Å²) in [5.74, 6) is -0.408. The van der Waals surface area contributed by atoms with Crippen LogP contribution in [0.25, 0.3) is 10.9 Å². The Bertz CT molecular complexity index is 851. The van der Waals surface area contributed by atoms with Gasteiger partial charge in [0.25, 0.3) is 0 Å². The number of nitrogens with zero attached hydrogens (tertiary/aromatic N) is 1. The minimum Gasteiger partial charge on any atom is -0.462 e. The van der Waals surface area contributed by atoms with E-state index in [1.807, 2.05) is 23.6 Å². The zero-order valence-electron chi connectivity index (χ0n) is 15.2. The minimum atomic E-state index is -0.627. The van der Waals surface area contributed by atoms with Gasteiger partial charge in [0, 0.05) is 24.8 Å². The summed E-state index contributed by atoms with van der Waals surface area (Å²) in [7, 11) is 0. The van der Waals surface area contributed by atoms with Crippen molar-refractivity contribution in [2.45, 2.75) is 32.7 Å². The standard InChI is InChI=1S/C20H25NO5/c1-3-26-20(24)16-11-21(18(12-22)14-6-8-25-9-7-14)17-5-4-13(2)10-15(17)19(16)23/h4-5,10-11,14,18,22H,3,6-9,12H2,1-2H3. The molecule has 1 fully saturated rings. The number of aromatic nitrogens is 1. The number of aliphatic hydroxyl groups excluding tert-OH is 1. The number of carbonyl (C=O) groups is 1. The number of benzene rings is 1. The smallest absolute Gasteiger partial charge is 0.343 e. The lowest BCUT2D eigenvalue weighted by Gasteiger charge is -2.32. The second-order valence-corrected chi connectivity index (χ2v) is 6.72. The van der Waals surface area contributed by atoms with E-state index in [9.17, 15) is 14.7 Å². The lowest BCUT2D eigenvalue weighted by Crippen LogP contribution is -2.31. The topological polar surface area (TPSA) is 77.8 Å². The van der Waals surface area contributed by atoms with Crippen molar-refractivity contribution in [3.05, 3.63) is 45.7 Å². The molecule has 0 radical (unpaired) electrons. The molecule has 1 aliphatic rings. The number of pyridine rings is 1. The van der Waals surface area contributed by atoms with Gasteiger partial charge in [-0.1, -0.05) is 11.6 Å². The first kappa shape index (κ1) is 18.6. The highest BCUT2D eigenvalue weighted by Gasteiger charge is 2.27. The monoisotopic (exact) mass is 359 g/mol. The Morgan fingerprint density at radius 1 is 1.38 bits per heavy atom. The number of hydrogen-bond acceptors (Lipinski definition) is 5. The number of esters is 1. The van der Waals surface area contributed by atoms with Gasteiger partial charge in [0.05, 0.1) is 24.8 Å². The van der Waals surface area contributed by atoms with Gasteiger partial charge in [-0.05, 0) is 44.7 Å². The van der Waals surface area contributed by atoms with E-state index in [1.165, 1.54) is 0 Å². The molecule has 0 aliphatic carbocycles. The third-order valence-corrected chi connectivity index (χ3v) is 5.04. The van der Waals surface area contributed by atoms with E-state index in [-0.39, 0.29) is 36.2 Å². The molecular weight excluding hydrogens is 334 g/mol. The fourth-order valence-corrected chi connectivity index (χ4v) is 3.66. The molecule has 26 heavy (non-hydrogen) atoms. The van der Waals surface area contributed by atoms with E-state index in [0.29, 0.717) is 18.6 Å². The van der Waals surface area contributed by atoms with Crippen LogP contribution in [0.3, 0.4) is 0 Å². The fraction of sp³-hybridized carbons (Fsp3) is 0.500. The summed E-state index contributed by atoms with van der Waals surface area (Å²) >= 11 is 0. The molecule has 1 aromatic heterocycles. The molecule has 1 atom stereocenters. The van der Waals surface area contributed by atoms with Crippen LogP contribution in [0.4, 0.5) is 0 Å². The van der Waals surface area contributed by atoms with E-state index in [0.717, 1.165) is 23.9 Å². The summed E-state index contributed by atoms with van der Waals surface area (Å²) in [5, 5.41) is 10.6. The van der Waals surface area contributed by atoms with Gasteiger partial charge in [-0.3, -0.25) is 4.79 Å². The summed E-state index contributed by atoms with van der Waals surface area (Å²) in [6.45, 7) is 5.06. The summed E-state index contributed by atoms with van der Waals surface area (Å²) in [4.78, 5) is 25.2. The Kier molecular flexibility index (Phi) is 5.74. The van der Waals surface area contributed by atoms with Crippen molar-refractivity contribution >= 4 is 16.9 Å². The maximum Gasteiger partial charge on any atom is 0.343 e. The van der Waals surface area contributed by atoms with Crippen molar-refractivity contribution < 1.29 is 19.4 Å². The second kappa shape index (κ2) is 8.01. The molecule has 2 heterocycles. The molecule has 6 nitrogen and oxygen atoms in total. The Balaban J connectivity index is 2.20. The Hall–Kier alpha value is -2.18. The second-order valence-electron chi connectivity index (χ2n) is 6.72. The van der Waals surface area contributed by atoms with Gasteiger partial charge in [0.1, 0.15) is 5.56 Å². The van der Waals surface area contributed by atoms with Crippen molar-refractivity contribution in [2.24, 2.45) is 5.92 Å². The molecule has 1 aliphatic heterocycles. The average molecular weight is 359 g/mol. The zero-order valence-corrected chi connectivity index (χ0v) is 15.2. The van der Waals surface area contributed by atoms with Crippen molar-refractivity contribution in [3.8, 4) is 0 Å². The first-order chi connectivity index (χ1) is 12.6. The average Bonchev–Trinajstić information content (AvgIpc) is 2.65. The van der Waals surface area contributed by atoms with E-state index in [4.69, 9.17) is 9.47 Å². The molecule has 140 valence electrons. The molecule has 1 unspecified atom stereocenters. The number of aryl methyl sites for hydroxylation is 1. The molecule has 3 rings (SSSR count). The molecule has 0 bridgehead atoms. The number of hydrogen-bond donors (Lipinski definition) is 1. The van der Waals surface area contributed by atoms with E-state index in [2.05, 4.69) is 0 Å². The van der Waals surface area contributed by atoms with Crippen LogP contribution >= 0.6 is 0 Å². The minimum absolute atomic E-state index is 0.00968. The van der Waals surface area contributed by atoms with Crippen molar-refractivity contribution in [1.82, 2.24) is 4.57 Å². The third kappa shape index (κ3) is 3.52. The van der Waals surface area contributed by atoms with Crippen LogP contribution in [-0.2, 0) is 9.47 Å². The van der Waals surface area contributed by atoms with Crippen LogP contribution in [0, 0.1) is 12.8 Å². The number of ether oxygens (including phenoxy) is 2. The lowest BCUT2D eigenvalue weighted by atomic mass is 9.91. The SMILES string of the molecule is CCOC(=O)c1cn(C(CO)C2CCOCC2)c2ccc(C)cc2c1=O. The largest absolute Gasteiger partial charge is 0.462 e. The maximum absolute atomic E-state index is 12.8. The van der Waals surface area contributed by atoms with Gasteiger partial charge < -0.3 is 19.1 Å². The quantitative estimate of drug-likeness (QED) is 0.830. The van der Waals surface area contributed by atoms with Gasteiger partial charge in [-0.2, -0.15) is 0 Å². The van der Waals surface area contributed by atoms with Gasteiger partial charge in [0.15, 0.2) is 0 Å². The molecule has 0 spiro atoms. The highest BCUT2D eigenvalue weighted by Crippen LogP contribution is 2.30. The highest BCUT2D eigenvalue weighted by atomic mass is 16.5. The van der Waals surface area contributed by atoms with Crippen LogP contribution in [0.2, 0.25) is 0 Å². The maximum atomic E-state index is 12.8. The molecule has 0 saturated carbocycles. The van der Waals surface area contributed by atoms with Gasteiger partial charge >= 0.3 is 5.97 Å². The molecule has 2 aromatic rings. The first-order valence-corrected chi connectivity index (χ1v) is 9.08. The lowest BCUT2D eigenvalue weighted by molar-refractivity contribution is 0.0368. The Morgan fingerprint density at radius 3 is 2.77 bits per heavy atom. The van der Waals surface area contributed by atoms with Crippen molar-refractivity contribution in [3.63, 3.8) is 0 Å². The van der Waals surface area contributed by atoms with Crippen LogP contribution in [-0.4, -0.2) is 42.1 Å². The molecule has 0 amide bonds. The van der Waals surface area contributed by atoms with Crippen LogP contribution in [0.1, 0.15) is 41.7 Å². The molecule has 1 aromatic carbocycles. The number of fused-ring (bicyclic) bond motifs is 1. The molecular formula is C20H25NO5. The van der Waals surface area contributed by atoms with E-state index in [1.54, 1.807) is 19.2 Å². The third-order valence-electron chi connectivity index (χ3n) is 5.04. The number of carbonyl (C=O) groups excluding carboxylic acids is 1.